The third kappa shape index (κ3) is 4.58. The molecule has 0 heterocycles. The van der Waals surface area contributed by atoms with E-state index in [1.54, 1.807) is 0 Å². The van der Waals surface area contributed by atoms with Gasteiger partial charge in [0.15, 0.2) is 0 Å². The van der Waals surface area contributed by atoms with Crippen LogP contribution in [0.5, 0.6) is 0 Å². The Balaban J connectivity index is 2.46. The summed E-state index contributed by atoms with van der Waals surface area (Å²) in [5, 5.41) is 0. The van der Waals surface area contributed by atoms with Crippen molar-refractivity contribution >= 4 is 11.8 Å². The zero-order chi connectivity index (χ0) is 12.0. The number of nitrogens with two attached hydrogens (primary N) is 1. The first-order valence-corrected chi connectivity index (χ1v) is 7.07. The number of benzene rings is 1. The zero-order valence-corrected chi connectivity index (χ0v) is 11.4. The predicted octanol–water partition coefficient (Wildman–Crippen LogP) is 3.22. The van der Waals surface area contributed by atoms with Crippen LogP contribution in [-0.4, -0.2) is 18.1 Å². The van der Waals surface area contributed by atoms with Crippen LogP contribution in [0.2, 0.25) is 0 Å². The lowest BCUT2D eigenvalue weighted by Gasteiger charge is -2.19. The van der Waals surface area contributed by atoms with Crippen molar-refractivity contribution in [3.8, 4) is 0 Å². The maximum absolute atomic E-state index is 5.45. The first-order chi connectivity index (χ1) is 7.54. The molecule has 2 heteroatoms. The van der Waals surface area contributed by atoms with Gasteiger partial charge in [-0.1, -0.05) is 45.0 Å². The molecule has 0 fully saturated rings. The van der Waals surface area contributed by atoms with Gasteiger partial charge in [-0.3, -0.25) is 0 Å². The SMILES string of the molecule is CC(C)(C)c1ccc(CCSCCN)cc1. The molecule has 2 N–H and O–H groups in total. The molecule has 0 aliphatic carbocycles. The lowest BCUT2D eigenvalue weighted by molar-refractivity contribution is 0.590. The molecule has 0 bridgehead atoms. The zero-order valence-electron chi connectivity index (χ0n) is 10.6. The van der Waals surface area contributed by atoms with Crippen LogP contribution in [0.15, 0.2) is 24.3 Å². The monoisotopic (exact) mass is 237 g/mol. The van der Waals surface area contributed by atoms with E-state index in [2.05, 4.69) is 45.0 Å². The van der Waals surface area contributed by atoms with Gasteiger partial charge in [-0.2, -0.15) is 11.8 Å². The Labute approximate surface area is 104 Å². The maximum atomic E-state index is 5.45. The summed E-state index contributed by atoms with van der Waals surface area (Å²) in [6, 6.07) is 9.01. The number of thioether (sulfide) groups is 1. The van der Waals surface area contributed by atoms with Crippen LogP contribution in [0.3, 0.4) is 0 Å². The molecule has 90 valence electrons. The Morgan fingerprint density at radius 3 is 2.19 bits per heavy atom. The quantitative estimate of drug-likeness (QED) is 0.796. The van der Waals surface area contributed by atoms with Gasteiger partial charge in [-0.15, -0.1) is 0 Å². The van der Waals surface area contributed by atoms with Crippen LogP contribution in [-0.2, 0) is 11.8 Å². The summed E-state index contributed by atoms with van der Waals surface area (Å²) in [5.41, 5.74) is 8.55. The van der Waals surface area contributed by atoms with Gasteiger partial charge in [0.25, 0.3) is 0 Å². The topological polar surface area (TPSA) is 26.0 Å². The standard InChI is InChI=1S/C14H23NS/c1-14(2,3)13-6-4-12(5-7-13)8-10-16-11-9-15/h4-7H,8-11,15H2,1-3H3. The van der Waals surface area contributed by atoms with Crippen LogP contribution in [0.4, 0.5) is 0 Å². The summed E-state index contributed by atoms with van der Waals surface area (Å²) >= 11 is 1.93. The van der Waals surface area contributed by atoms with E-state index in [4.69, 9.17) is 5.73 Å². The van der Waals surface area contributed by atoms with Crippen molar-refractivity contribution in [2.75, 3.05) is 18.1 Å². The van der Waals surface area contributed by atoms with Crippen molar-refractivity contribution in [1.29, 1.82) is 0 Å². The van der Waals surface area contributed by atoms with E-state index in [9.17, 15) is 0 Å². The fraction of sp³-hybridized carbons (Fsp3) is 0.571. The summed E-state index contributed by atoms with van der Waals surface area (Å²) in [6.45, 7) is 7.53. The molecule has 1 rings (SSSR count). The second-order valence-corrected chi connectivity index (χ2v) is 6.32. The number of rotatable bonds is 5. The third-order valence-corrected chi connectivity index (χ3v) is 3.63. The largest absolute Gasteiger partial charge is 0.330 e. The summed E-state index contributed by atoms with van der Waals surface area (Å²) in [6.07, 6.45) is 1.15. The molecule has 0 amide bonds. The molecule has 0 unspecified atom stereocenters. The summed E-state index contributed by atoms with van der Waals surface area (Å²) in [7, 11) is 0. The molecule has 0 aromatic heterocycles. The van der Waals surface area contributed by atoms with Crippen LogP contribution >= 0.6 is 11.8 Å². The highest BCUT2D eigenvalue weighted by Gasteiger charge is 2.12. The van der Waals surface area contributed by atoms with Crippen LogP contribution in [0, 0.1) is 0 Å². The van der Waals surface area contributed by atoms with Gasteiger partial charge in [0.05, 0.1) is 0 Å². The van der Waals surface area contributed by atoms with Gasteiger partial charge in [-0.25, -0.2) is 0 Å². The maximum Gasteiger partial charge on any atom is 0.00559 e. The minimum Gasteiger partial charge on any atom is -0.330 e. The van der Waals surface area contributed by atoms with E-state index in [0.29, 0.717) is 0 Å². The molecule has 1 aromatic carbocycles. The van der Waals surface area contributed by atoms with E-state index in [-0.39, 0.29) is 5.41 Å². The third-order valence-electron chi connectivity index (χ3n) is 2.62. The molecule has 0 spiro atoms. The van der Waals surface area contributed by atoms with Crippen molar-refractivity contribution in [3.05, 3.63) is 35.4 Å². The van der Waals surface area contributed by atoms with E-state index < -0.39 is 0 Å². The van der Waals surface area contributed by atoms with Crippen LogP contribution in [0.25, 0.3) is 0 Å². The van der Waals surface area contributed by atoms with E-state index in [1.165, 1.54) is 16.9 Å². The smallest absolute Gasteiger partial charge is 0.00559 e. The second-order valence-electron chi connectivity index (χ2n) is 5.10. The highest BCUT2D eigenvalue weighted by atomic mass is 32.2. The Hall–Kier alpha value is -0.470. The van der Waals surface area contributed by atoms with E-state index in [0.717, 1.165) is 18.7 Å². The van der Waals surface area contributed by atoms with E-state index in [1.807, 2.05) is 11.8 Å². The number of aryl methyl sites for hydroxylation is 1. The van der Waals surface area contributed by atoms with Crippen LogP contribution in [0.1, 0.15) is 31.9 Å². The van der Waals surface area contributed by atoms with Gasteiger partial charge >= 0.3 is 0 Å². The lowest BCUT2D eigenvalue weighted by atomic mass is 9.86. The van der Waals surface area contributed by atoms with Crippen molar-refractivity contribution < 1.29 is 0 Å². The fourth-order valence-corrected chi connectivity index (χ4v) is 2.30. The predicted molar refractivity (Wildman–Crippen MR) is 75.2 cm³/mol. The second kappa shape index (κ2) is 6.31. The normalized spacial score (nSPS) is 11.8. The minimum absolute atomic E-state index is 0.257. The molecule has 0 aliphatic heterocycles. The summed E-state index contributed by atoms with van der Waals surface area (Å²) in [5.74, 6) is 2.24. The molecule has 1 aromatic rings. The van der Waals surface area contributed by atoms with Crippen molar-refractivity contribution in [2.24, 2.45) is 5.73 Å². The Morgan fingerprint density at radius 2 is 1.69 bits per heavy atom. The number of hydrogen-bond acceptors (Lipinski definition) is 2. The molecule has 0 saturated carbocycles. The van der Waals surface area contributed by atoms with Gasteiger partial charge in [0.1, 0.15) is 0 Å². The first-order valence-electron chi connectivity index (χ1n) is 5.91. The van der Waals surface area contributed by atoms with Gasteiger partial charge < -0.3 is 5.73 Å². The molecule has 16 heavy (non-hydrogen) atoms. The molecule has 1 nitrogen and oxygen atoms in total. The molecular formula is C14H23NS. The van der Waals surface area contributed by atoms with Gasteiger partial charge in [0, 0.05) is 12.3 Å². The van der Waals surface area contributed by atoms with E-state index >= 15 is 0 Å². The van der Waals surface area contributed by atoms with Crippen molar-refractivity contribution in [1.82, 2.24) is 0 Å². The summed E-state index contributed by atoms with van der Waals surface area (Å²) < 4.78 is 0. The number of hydrogen-bond donors (Lipinski definition) is 1. The highest BCUT2D eigenvalue weighted by molar-refractivity contribution is 7.99. The lowest BCUT2D eigenvalue weighted by Crippen LogP contribution is -2.10. The first kappa shape index (κ1) is 13.6. The average Bonchev–Trinajstić information content (AvgIpc) is 2.24. The van der Waals surface area contributed by atoms with Gasteiger partial charge in [0.2, 0.25) is 0 Å². The Kier molecular flexibility index (Phi) is 5.36. The Morgan fingerprint density at radius 1 is 1.06 bits per heavy atom. The summed E-state index contributed by atoms with van der Waals surface area (Å²) in [4.78, 5) is 0. The van der Waals surface area contributed by atoms with Gasteiger partial charge in [-0.05, 0) is 28.7 Å². The molecular weight excluding hydrogens is 214 g/mol. The fourth-order valence-electron chi connectivity index (χ4n) is 1.55. The minimum atomic E-state index is 0.257. The van der Waals surface area contributed by atoms with Crippen molar-refractivity contribution in [2.45, 2.75) is 32.6 Å². The molecule has 0 saturated heterocycles. The molecule has 0 radical (unpaired) electrons. The van der Waals surface area contributed by atoms with Crippen molar-refractivity contribution in [3.63, 3.8) is 0 Å². The molecule has 0 aliphatic rings. The molecule has 0 atom stereocenters. The van der Waals surface area contributed by atoms with Crippen LogP contribution < -0.4 is 5.73 Å². The highest BCUT2D eigenvalue weighted by Crippen LogP contribution is 2.22. The average molecular weight is 237 g/mol. The Bertz CT molecular complexity index is 298.